The molecular weight excluding hydrogens is 1100 g/mol. The zero-order chi connectivity index (χ0) is 59.2. The van der Waals surface area contributed by atoms with Crippen molar-refractivity contribution in [1.29, 1.82) is 0 Å². The highest BCUT2D eigenvalue weighted by atomic mass is 31.2. The number of benzene rings is 4. The van der Waals surface area contributed by atoms with Crippen LogP contribution in [0.4, 0.5) is 14.5 Å². The summed E-state index contributed by atoms with van der Waals surface area (Å²) in [7, 11) is -5.92. The van der Waals surface area contributed by atoms with Gasteiger partial charge in [0.25, 0.3) is 11.8 Å². The number of pyridine rings is 1. The fraction of sp³-hybridized carbons (Fsp3) is 0.356. The van der Waals surface area contributed by atoms with Crippen molar-refractivity contribution in [2.24, 2.45) is 5.73 Å². The number of rotatable bonds is 21. The number of nitrogens with one attached hydrogen (secondary N) is 5. The highest BCUT2D eigenvalue weighted by molar-refractivity contribution is 7.52. The number of aromatic nitrogens is 1. The van der Waals surface area contributed by atoms with Gasteiger partial charge in [0, 0.05) is 60.8 Å². The molecular formula is C59H60F2N9O12P. The van der Waals surface area contributed by atoms with Gasteiger partial charge in [-0.25, -0.2) is 4.98 Å². The number of aryl methyl sites for hydroxylation is 1. The molecule has 1 fully saturated rings. The molecule has 0 aliphatic carbocycles. The van der Waals surface area contributed by atoms with Gasteiger partial charge in [0.15, 0.2) is 0 Å². The monoisotopic (exact) mass is 1160 g/mol. The van der Waals surface area contributed by atoms with Crippen molar-refractivity contribution < 1.29 is 66.3 Å². The number of fused-ring (bicyclic) bond motifs is 2. The molecule has 9 amide bonds. The largest absolute Gasteiger partial charge is 0.399 e. The van der Waals surface area contributed by atoms with Gasteiger partial charge in [-0.3, -0.25) is 57.9 Å². The minimum atomic E-state index is -5.92. The second-order valence-corrected chi connectivity index (χ2v) is 22.5. The van der Waals surface area contributed by atoms with Crippen molar-refractivity contribution in [1.82, 2.24) is 36.5 Å². The highest BCUT2D eigenvalue weighted by Gasteiger charge is 2.51. The molecule has 4 aliphatic heterocycles. The van der Waals surface area contributed by atoms with Gasteiger partial charge in [0.1, 0.15) is 35.9 Å². The van der Waals surface area contributed by atoms with E-state index in [1.54, 1.807) is 60.7 Å². The smallest absolute Gasteiger partial charge is 0.370 e. The van der Waals surface area contributed by atoms with Crippen LogP contribution >= 0.6 is 7.60 Å². The molecule has 9 rings (SSSR count). The molecule has 5 heterocycles. The van der Waals surface area contributed by atoms with Gasteiger partial charge >= 0.3 is 13.3 Å². The van der Waals surface area contributed by atoms with Crippen molar-refractivity contribution in [2.45, 2.75) is 126 Å². The van der Waals surface area contributed by atoms with Crippen LogP contribution < -0.4 is 37.2 Å². The molecule has 0 radical (unpaired) electrons. The average molecular weight is 1160 g/mol. The van der Waals surface area contributed by atoms with E-state index in [0.29, 0.717) is 46.3 Å². The van der Waals surface area contributed by atoms with E-state index in [2.05, 4.69) is 43.4 Å². The number of carbonyl (C=O) groups is 9. The van der Waals surface area contributed by atoms with E-state index in [-0.39, 0.29) is 86.4 Å². The van der Waals surface area contributed by atoms with Gasteiger partial charge < -0.3 is 41.7 Å². The topological polar surface area (TPSA) is 317 Å². The summed E-state index contributed by atoms with van der Waals surface area (Å²) in [6, 6.07) is 18.7. The van der Waals surface area contributed by atoms with Crippen LogP contribution in [0.2, 0.25) is 0 Å². The van der Waals surface area contributed by atoms with Crippen LogP contribution in [0.1, 0.15) is 131 Å². The first-order chi connectivity index (χ1) is 39.7. The number of alkyl halides is 2. The number of anilines is 1. The molecule has 24 heteroatoms. The van der Waals surface area contributed by atoms with E-state index >= 15 is 0 Å². The molecule has 432 valence electrons. The summed E-state index contributed by atoms with van der Waals surface area (Å²) in [4.78, 5) is 146. The van der Waals surface area contributed by atoms with Crippen LogP contribution in [0.5, 0.6) is 0 Å². The summed E-state index contributed by atoms with van der Waals surface area (Å²) in [5, 5.41) is 13.6. The maximum Gasteiger partial charge on any atom is 0.399 e. The van der Waals surface area contributed by atoms with Gasteiger partial charge in [-0.1, -0.05) is 104 Å². The SMILES string of the molecule is NC(=O)CC[C@H](NC(=O)[C@@H]1Cc2cccc3c2N1C(=O)[C@@H](NC(=O)c1ccc2ccc(C(F)(F)P(=O)(O)O)cc2n1)CC3)C(=O)N[C@H](C(=O)NCCCCCCCC#Cc1cccc2c1CN(C1CCC(=O)NC1=O)C2=O)c1ccccc1. The summed E-state index contributed by atoms with van der Waals surface area (Å²) in [6.07, 6.45) is 4.73. The Kier molecular flexibility index (Phi) is 17.9. The lowest BCUT2D eigenvalue weighted by molar-refractivity contribution is -0.137. The van der Waals surface area contributed by atoms with Crippen LogP contribution in [0.15, 0.2) is 97.1 Å². The first-order valence-corrected chi connectivity index (χ1v) is 28.9. The van der Waals surface area contributed by atoms with Crippen LogP contribution in [-0.4, -0.2) is 104 Å². The van der Waals surface area contributed by atoms with Crippen molar-refractivity contribution in [3.05, 3.63) is 142 Å². The summed E-state index contributed by atoms with van der Waals surface area (Å²) in [5.74, 6) is 0.869. The molecule has 1 saturated heterocycles. The molecule has 1 unspecified atom stereocenters. The van der Waals surface area contributed by atoms with E-state index in [0.717, 1.165) is 43.4 Å². The Labute approximate surface area is 475 Å². The molecule has 21 nitrogen and oxygen atoms in total. The molecule has 5 atom stereocenters. The van der Waals surface area contributed by atoms with Crippen molar-refractivity contribution >= 4 is 77.4 Å². The summed E-state index contributed by atoms with van der Waals surface area (Å²) >= 11 is 0. The first-order valence-electron chi connectivity index (χ1n) is 27.3. The first kappa shape index (κ1) is 58.9. The van der Waals surface area contributed by atoms with Gasteiger partial charge in [-0.2, -0.15) is 8.78 Å². The molecule has 0 bridgehead atoms. The minimum absolute atomic E-state index is 0.0123. The zero-order valence-electron chi connectivity index (χ0n) is 44.8. The van der Waals surface area contributed by atoms with E-state index in [1.807, 2.05) is 6.07 Å². The summed E-state index contributed by atoms with van der Waals surface area (Å²) < 4.78 is 40.8. The number of piperidine rings is 1. The van der Waals surface area contributed by atoms with Crippen LogP contribution in [0.3, 0.4) is 0 Å². The van der Waals surface area contributed by atoms with E-state index in [4.69, 9.17) is 5.73 Å². The number of hydrogen-bond acceptors (Lipinski definition) is 11. The molecule has 4 aliphatic rings. The van der Waals surface area contributed by atoms with Crippen molar-refractivity contribution in [3.63, 3.8) is 0 Å². The van der Waals surface area contributed by atoms with Crippen molar-refractivity contribution in [2.75, 3.05) is 11.4 Å². The molecule has 9 N–H and O–H groups in total. The predicted octanol–water partition coefficient (Wildman–Crippen LogP) is 4.34. The van der Waals surface area contributed by atoms with Gasteiger partial charge in [-0.15, -0.1) is 0 Å². The molecule has 5 aromatic rings. The number of hydrogen-bond donors (Lipinski definition) is 8. The Bertz CT molecular complexity index is 3550. The fourth-order valence-corrected chi connectivity index (χ4v) is 11.3. The van der Waals surface area contributed by atoms with E-state index in [9.17, 15) is 66.3 Å². The third-order valence-corrected chi connectivity index (χ3v) is 16.2. The number of unbranched alkanes of at least 4 members (excludes halogenated alkanes) is 5. The number of para-hydroxylation sites is 1. The van der Waals surface area contributed by atoms with E-state index < -0.39 is 90.4 Å². The molecule has 0 saturated carbocycles. The lowest BCUT2D eigenvalue weighted by Crippen LogP contribution is -2.57. The summed E-state index contributed by atoms with van der Waals surface area (Å²) in [6.45, 7) is 0.519. The van der Waals surface area contributed by atoms with Crippen LogP contribution in [0.25, 0.3) is 10.9 Å². The van der Waals surface area contributed by atoms with Gasteiger partial charge in [0.2, 0.25) is 41.4 Å². The summed E-state index contributed by atoms with van der Waals surface area (Å²) in [5.41, 5.74) is 3.70. The molecule has 4 aromatic carbocycles. The second-order valence-electron chi connectivity index (χ2n) is 20.9. The second kappa shape index (κ2) is 25.2. The number of primary amides is 1. The number of amides is 9. The molecule has 0 spiro atoms. The highest BCUT2D eigenvalue weighted by Crippen LogP contribution is 2.59. The Balaban J connectivity index is 0.797. The number of carbonyl (C=O) groups excluding carboxylic acids is 9. The van der Waals surface area contributed by atoms with Gasteiger partial charge in [-0.05, 0) is 85.0 Å². The van der Waals surface area contributed by atoms with Gasteiger partial charge in [0.05, 0.1) is 11.2 Å². The number of imide groups is 1. The maximum atomic E-state index is 14.6. The number of nitrogens with zero attached hydrogens (tertiary/aromatic N) is 3. The third-order valence-electron chi connectivity index (χ3n) is 15.2. The predicted molar refractivity (Wildman–Crippen MR) is 296 cm³/mol. The van der Waals surface area contributed by atoms with Crippen LogP contribution in [0, 0.1) is 11.8 Å². The molecule has 1 aromatic heterocycles. The lowest BCUT2D eigenvalue weighted by atomic mass is 10.0. The fourth-order valence-electron chi connectivity index (χ4n) is 10.9. The number of nitrogens with two attached hydrogens (primary N) is 1. The lowest BCUT2D eigenvalue weighted by Gasteiger charge is -2.29. The van der Waals surface area contributed by atoms with Crippen LogP contribution in [-0.2, 0) is 63.2 Å². The standard InChI is InChI=1S/C59H60F2N9O12P/c60-59(61,83(80,81)82)39-23-20-35-21-24-42(64-45(35)32-39)52(73)66-44-25-22-37-17-11-18-38-31-47(70(51(37)38)58(44)79)55(76)65-43(26-28-48(62)71)53(74)68-50(36-14-8-6-9-15-36)56(77)63-30-10-5-3-1-2-4-7-13-34-16-12-19-40-41(34)33-69(57(40)78)46-27-29-49(72)67-54(46)75/h6,8-9,11-12,14-21,23-24,32,43-44,46-47,50H,1-5,10,22,25-31,33H2,(H2,62,71)(H,63,77)(H,65,76)(H,66,73)(H,68,74)(H,67,72,75)(H2,80,81,82)/t43-,44-,46?,47-,50-/m0/s1. The van der Waals surface area contributed by atoms with Crippen molar-refractivity contribution in [3.8, 4) is 11.8 Å². The minimum Gasteiger partial charge on any atom is -0.370 e. The maximum absolute atomic E-state index is 14.6. The Morgan fingerprint density at radius 2 is 1.58 bits per heavy atom. The average Bonchev–Trinajstić information content (AvgIpc) is 4.13. The zero-order valence-corrected chi connectivity index (χ0v) is 45.7. The Hall–Kier alpha value is -8.71. The normalized spacial score (nSPS) is 18.2. The quantitative estimate of drug-likeness (QED) is 0.0220. The Morgan fingerprint density at radius 3 is 2.34 bits per heavy atom. The third kappa shape index (κ3) is 13.2. The molecule has 83 heavy (non-hydrogen) atoms. The number of halogens is 2. The Morgan fingerprint density at radius 1 is 0.843 bits per heavy atom. The van der Waals surface area contributed by atoms with E-state index in [1.165, 1.54) is 28.0 Å².